The number of hydrogen-bond donors (Lipinski definition) is 0. The predicted molar refractivity (Wildman–Crippen MR) is 76.7 cm³/mol. The van der Waals surface area contributed by atoms with Crippen molar-refractivity contribution in [1.29, 1.82) is 0 Å². The number of morpholine rings is 1. The van der Waals surface area contributed by atoms with Gasteiger partial charge in [0.2, 0.25) is 0 Å². The van der Waals surface area contributed by atoms with Crippen LogP contribution in [0.15, 0.2) is 24.3 Å². The average molecular weight is 257 g/mol. The number of benzene rings is 1. The zero-order valence-corrected chi connectivity index (χ0v) is 11.5. The summed E-state index contributed by atoms with van der Waals surface area (Å²) in [7, 11) is 0. The Bertz CT molecular complexity index is 577. The van der Waals surface area contributed by atoms with Crippen molar-refractivity contribution in [3.05, 3.63) is 30.1 Å². The quantitative estimate of drug-likeness (QED) is 0.829. The summed E-state index contributed by atoms with van der Waals surface area (Å²) in [5.41, 5.74) is 1.03. The fourth-order valence-corrected chi connectivity index (χ4v) is 2.35. The van der Waals surface area contributed by atoms with Crippen molar-refractivity contribution in [3.8, 4) is 0 Å². The monoisotopic (exact) mass is 257 g/mol. The number of fused-ring (bicyclic) bond motifs is 1. The topological polar surface area (TPSA) is 38.2 Å². The van der Waals surface area contributed by atoms with Crippen LogP contribution in [0.1, 0.15) is 25.6 Å². The van der Waals surface area contributed by atoms with E-state index in [1.807, 2.05) is 12.1 Å². The molecule has 0 radical (unpaired) electrons. The molecule has 0 atom stereocenters. The molecule has 19 heavy (non-hydrogen) atoms. The third-order valence-corrected chi connectivity index (χ3v) is 3.43. The van der Waals surface area contributed by atoms with Crippen LogP contribution in [0.4, 0.5) is 5.82 Å². The Labute approximate surface area is 113 Å². The van der Waals surface area contributed by atoms with E-state index in [1.54, 1.807) is 0 Å². The normalized spacial score (nSPS) is 16.3. The Hall–Kier alpha value is -1.68. The molecule has 0 saturated carbocycles. The van der Waals surface area contributed by atoms with Crippen molar-refractivity contribution in [1.82, 2.24) is 9.97 Å². The van der Waals surface area contributed by atoms with Gasteiger partial charge in [0, 0.05) is 24.4 Å². The number of rotatable bonds is 2. The van der Waals surface area contributed by atoms with Gasteiger partial charge in [0.25, 0.3) is 0 Å². The number of hydrogen-bond acceptors (Lipinski definition) is 4. The van der Waals surface area contributed by atoms with Gasteiger partial charge in [0.05, 0.1) is 18.7 Å². The summed E-state index contributed by atoms with van der Waals surface area (Å²) in [5.74, 6) is 2.31. The molecular weight excluding hydrogens is 238 g/mol. The Balaban J connectivity index is 2.14. The van der Waals surface area contributed by atoms with E-state index in [2.05, 4.69) is 35.9 Å². The second-order valence-electron chi connectivity index (χ2n) is 5.18. The van der Waals surface area contributed by atoms with Crippen LogP contribution < -0.4 is 4.90 Å². The highest BCUT2D eigenvalue weighted by Gasteiger charge is 2.17. The molecule has 1 aromatic carbocycles. The minimum absolute atomic E-state index is 0.337. The summed E-state index contributed by atoms with van der Waals surface area (Å²) >= 11 is 0. The molecule has 0 unspecified atom stereocenters. The van der Waals surface area contributed by atoms with Gasteiger partial charge in [-0.1, -0.05) is 26.0 Å². The lowest BCUT2D eigenvalue weighted by Gasteiger charge is -2.29. The van der Waals surface area contributed by atoms with Crippen LogP contribution in [0.25, 0.3) is 10.9 Å². The van der Waals surface area contributed by atoms with Crippen LogP contribution >= 0.6 is 0 Å². The van der Waals surface area contributed by atoms with Crippen molar-refractivity contribution < 1.29 is 4.74 Å². The van der Waals surface area contributed by atoms with Crippen LogP contribution in [-0.2, 0) is 4.74 Å². The van der Waals surface area contributed by atoms with Crippen molar-refractivity contribution >= 4 is 16.7 Å². The van der Waals surface area contributed by atoms with Crippen LogP contribution in [0.5, 0.6) is 0 Å². The molecule has 0 N–H and O–H groups in total. The summed E-state index contributed by atoms with van der Waals surface area (Å²) in [4.78, 5) is 11.7. The molecule has 1 aliphatic rings. The first kappa shape index (κ1) is 12.4. The van der Waals surface area contributed by atoms with Crippen LogP contribution in [0.2, 0.25) is 0 Å². The molecule has 4 heteroatoms. The van der Waals surface area contributed by atoms with E-state index < -0.39 is 0 Å². The minimum Gasteiger partial charge on any atom is -0.378 e. The van der Waals surface area contributed by atoms with E-state index in [-0.39, 0.29) is 0 Å². The minimum atomic E-state index is 0.337. The van der Waals surface area contributed by atoms with Crippen LogP contribution in [-0.4, -0.2) is 36.3 Å². The summed E-state index contributed by atoms with van der Waals surface area (Å²) < 4.78 is 5.43. The molecular formula is C15H19N3O. The molecule has 4 nitrogen and oxygen atoms in total. The first-order valence-corrected chi connectivity index (χ1v) is 6.85. The summed E-state index contributed by atoms with van der Waals surface area (Å²) in [5, 5.41) is 1.13. The highest BCUT2D eigenvalue weighted by Crippen LogP contribution is 2.26. The third kappa shape index (κ3) is 2.40. The Morgan fingerprint density at radius 3 is 2.58 bits per heavy atom. The molecule has 2 aromatic rings. The standard InChI is InChI=1S/C15H19N3O/c1-11(2)14-16-13-6-4-3-5-12(13)15(17-14)18-7-9-19-10-8-18/h3-6,11H,7-10H2,1-2H3. The molecule has 1 aliphatic heterocycles. The maximum atomic E-state index is 5.43. The molecule has 1 fully saturated rings. The zero-order valence-electron chi connectivity index (χ0n) is 11.5. The summed E-state index contributed by atoms with van der Waals surface area (Å²) in [6, 6.07) is 8.24. The molecule has 0 bridgehead atoms. The molecule has 0 spiro atoms. The van der Waals surface area contributed by atoms with Crippen LogP contribution in [0.3, 0.4) is 0 Å². The molecule has 2 heterocycles. The average Bonchev–Trinajstić information content (AvgIpc) is 2.47. The molecule has 1 saturated heterocycles. The van der Waals surface area contributed by atoms with Gasteiger partial charge < -0.3 is 9.64 Å². The van der Waals surface area contributed by atoms with Crippen LogP contribution in [0, 0.1) is 0 Å². The van der Waals surface area contributed by atoms with Gasteiger partial charge in [-0.2, -0.15) is 0 Å². The van der Waals surface area contributed by atoms with Gasteiger partial charge in [0.15, 0.2) is 0 Å². The highest BCUT2D eigenvalue weighted by atomic mass is 16.5. The first-order valence-electron chi connectivity index (χ1n) is 6.85. The first-order chi connectivity index (χ1) is 9.25. The molecule has 0 amide bonds. The molecule has 3 rings (SSSR count). The van der Waals surface area contributed by atoms with Gasteiger partial charge in [0.1, 0.15) is 11.6 Å². The molecule has 1 aromatic heterocycles. The fourth-order valence-electron chi connectivity index (χ4n) is 2.35. The van der Waals surface area contributed by atoms with Gasteiger partial charge in [-0.05, 0) is 12.1 Å². The van der Waals surface area contributed by atoms with E-state index >= 15 is 0 Å². The second-order valence-corrected chi connectivity index (χ2v) is 5.18. The lowest BCUT2D eigenvalue weighted by Crippen LogP contribution is -2.37. The second kappa shape index (κ2) is 5.13. The maximum Gasteiger partial charge on any atom is 0.140 e. The summed E-state index contributed by atoms with van der Waals surface area (Å²) in [6.07, 6.45) is 0. The SMILES string of the molecule is CC(C)c1nc(N2CCOCC2)c2ccccc2n1. The lowest BCUT2D eigenvalue weighted by molar-refractivity contribution is 0.122. The van der Waals surface area contributed by atoms with E-state index in [0.29, 0.717) is 5.92 Å². The van der Waals surface area contributed by atoms with Gasteiger partial charge in [-0.3, -0.25) is 0 Å². The third-order valence-electron chi connectivity index (χ3n) is 3.43. The Kier molecular flexibility index (Phi) is 3.34. The number of para-hydroxylation sites is 1. The summed E-state index contributed by atoms with van der Waals surface area (Å²) in [6.45, 7) is 7.61. The Morgan fingerprint density at radius 1 is 1.11 bits per heavy atom. The predicted octanol–water partition coefficient (Wildman–Crippen LogP) is 2.59. The number of anilines is 1. The highest BCUT2D eigenvalue weighted by molar-refractivity contribution is 5.89. The van der Waals surface area contributed by atoms with Crippen molar-refractivity contribution in [3.63, 3.8) is 0 Å². The lowest BCUT2D eigenvalue weighted by atomic mass is 10.1. The van der Waals surface area contributed by atoms with Crippen molar-refractivity contribution in [2.75, 3.05) is 31.2 Å². The van der Waals surface area contributed by atoms with E-state index in [1.165, 1.54) is 0 Å². The largest absolute Gasteiger partial charge is 0.378 e. The van der Waals surface area contributed by atoms with Crippen molar-refractivity contribution in [2.24, 2.45) is 0 Å². The molecule has 100 valence electrons. The smallest absolute Gasteiger partial charge is 0.140 e. The number of nitrogens with zero attached hydrogens (tertiary/aromatic N) is 3. The number of ether oxygens (including phenoxy) is 1. The molecule has 0 aliphatic carbocycles. The Morgan fingerprint density at radius 2 is 1.84 bits per heavy atom. The van der Waals surface area contributed by atoms with E-state index in [9.17, 15) is 0 Å². The fraction of sp³-hybridized carbons (Fsp3) is 0.467. The zero-order chi connectivity index (χ0) is 13.2. The van der Waals surface area contributed by atoms with Crippen molar-refractivity contribution in [2.45, 2.75) is 19.8 Å². The van der Waals surface area contributed by atoms with Gasteiger partial charge in [-0.15, -0.1) is 0 Å². The van der Waals surface area contributed by atoms with E-state index in [0.717, 1.165) is 48.8 Å². The van der Waals surface area contributed by atoms with Gasteiger partial charge >= 0.3 is 0 Å². The maximum absolute atomic E-state index is 5.43. The number of aromatic nitrogens is 2. The van der Waals surface area contributed by atoms with E-state index in [4.69, 9.17) is 9.72 Å². The van der Waals surface area contributed by atoms with Gasteiger partial charge in [-0.25, -0.2) is 9.97 Å².